The van der Waals surface area contributed by atoms with Gasteiger partial charge in [-0.1, -0.05) is 19.3 Å². The van der Waals surface area contributed by atoms with Crippen molar-refractivity contribution in [1.29, 1.82) is 0 Å². The summed E-state index contributed by atoms with van der Waals surface area (Å²) in [5.41, 5.74) is 0. The van der Waals surface area contributed by atoms with E-state index in [0.717, 1.165) is 4.74 Å². The molecule has 0 amide bonds. The summed E-state index contributed by atoms with van der Waals surface area (Å²) in [7, 11) is 0. The second-order valence-electron chi connectivity index (χ2n) is 4.00. The number of rotatable bonds is 2. The van der Waals surface area contributed by atoms with E-state index in [9.17, 15) is 5.21 Å². The highest BCUT2D eigenvalue weighted by Gasteiger charge is 2.14. The molecule has 1 aliphatic carbocycles. The summed E-state index contributed by atoms with van der Waals surface area (Å²) in [6, 6.07) is 0.104. The van der Waals surface area contributed by atoms with Gasteiger partial charge in [0.1, 0.15) is 0 Å². The highest BCUT2D eigenvalue weighted by Crippen LogP contribution is 2.21. The van der Waals surface area contributed by atoms with Crippen LogP contribution < -0.4 is 0 Å². The predicted molar refractivity (Wildman–Crippen MR) is 51.4 cm³/mol. The molecular weight excluding hydrogens is 150 g/mol. The summed E-state index contributed by atoms with van der Waals surface area (Å²) in [4.78, 5) is 0. The summed E-state index contributed by atoms with van der Waals surface area (Å²) in [5, 5.41) is 11.3. The third-order valence-electron chi connectivity index (χ3n) is 2.52. The molecule has 0 atom stereocenters. The third kappa shape index (κ3) is 2.84. The van der Waals surface area contributed by atoms with Crippen LogP contribution in [0, 0.1) is 11.1 Å². The molecule has 0 saturated heterocycles. The van der Waals surface area contributed by atoms with Gasteiger partial charge in [-0.3, -0.25) is 0 Å². The molecule has 0 radical (unpaired) electrons. The molecule has 0 aromatic heterocycles. The van der Waals surface area contributed by atoms with Crippen molar-refractivity contribution in [3.63, 3.8) is 0 Å². The Morgan fingerprint density at radius 1 is 1.25 bits per heavy atom. The van der Waals surface area contributed by atoms with E-state index in [4.69, 9.17) is 0 Å². The lowest BCUT2D eigenvalue weighted by molar-refractivity contribution is -0.489. The number of hydrogen-bond donors (Lipinski definition) is 0. The Hall–Kier alpha value is -0.530. The molecule has 0 unspecified atom stereocenters. The predicted octanol–water partition coefficient (Wildman–Crippen LogP) is 2.56. The Balaban J connectivity index is 2.41. The first-order valence-corrected chi connectivity index (χ1v) is 5.00. The summed E-state index contributed by atoms with van der Waals surface area (Å²) >= 11 is 0. The SMILES string of the molecule is CC(C)/[N+]([O-])=C\C1CCCCC1. The van der Waals surface area contributed by atoms with E-state index >= 15 is 0 Å². The van der Waals surface area contributed by atoms with Crippen LogP contribution in [-0.2, 0) is 0 Å². The van der Waals surface area contributed by atoms with Gasteiger partial charge >= 0.3 is 0 Å². The fourth-order valence-electron chi connectivity index (χ4n) is 1.66. The Bertz CT molecular complexity index is 157. The highest BCUT2D eigenvalue weighted by molar-refractivity contribution is 5.55. The lowest BCUT2D eigenvalue weighted by Crippen LogP contribution is -2.20. The van der Waals surface area contributed by atoms with Crippen molar-refractivity contribution in [2.75, 3.05) is 0 Å². The van der Waals surface area contributed by atoms with Crippen LogP contribution in [-0.4, -0.2) is 17.0 Å². The zero-order chi connectivity index (χ0) is 8.97. The van der Waals surface area contributed by atoms with Crippen molar-refractivity contribution < 1.29 is 4.74 Å². The van der Waals surface area contributed by atoms with Gasteiger partial charge in [-0.15, -0.1) is 0 Å². The number of nitrogens with zero attached hydrogens (tertiary/aromatic N) is 1. The Morgan fingerprint density at radius 2 is 1.83 bits per heavy atom. The standard InChI is InChI=1S/C10H19NO/c1-9(2)11(12)8-10-6-4-3-5-7-10/h8-10H,3-7H2,1-2H3/b11-8+. The van der Waals surface area contributed by atoms with E-state index < -0.39 is 0 Å². The summed E-state index contributed by atoms with van der Waals surface area (Å²) < 4.78 is 1.11. The van der Waals surface area contributed by atoms with Crippen LogP contribution in [0.1, 0.15) is 46.0 Å². The molecule has 0 spiro atoms. The van der Waals surface area contributed by atoms with Gasteiger partial charge in [0.05, 0.1) is 0 Å². The van der Waals surface area contributed by atoms with Crippen LogP contribution in [0.4, 0.5) is 0 Å². The van der Waals surface area contributed by atoms with E-state index in [1.807, 2.05) is 20.1 Å². The van der Waals surface area contributed by atoms with E-state index in [0.29, 0.717) is 5.92 Å². The average Bonchev–Trinajstić information content (AvgIpc) is 2.06. The number of hydroxylamine groups is 1. The molecule has 0 N–H and O–H groups in total. The smallest absolute Gasteiger partial charge is 0.157 e. The molecule has 1 fully saturated rings. The van der Waals surface area contributed by atoms with Gasteiger partial charge in [0.25, 0.3) is 0 Å². The molecule has 70 valence electrons. The molecule has 12 heavy (non-hydrogen) atoms. The minimum absolute atomic E-state index is 0.104. The fraction of sp³-hybridized carbons (Fsp3) is 0.900. The maximum absolute atomic E-state index is 11.3. The first kappa shape index (κ1) is 9.56. The van der Waals surface area contributed by atoms with Crippen molar-refractivity contribution in [1.82, 2.24) is 0 Å². The van der Waals surface area contributed by atoms with Crippen LogP contribution in [0.2, 0.25) is 0 Å². The summed E-state index contributed by atoms with van der Waals surface area (Å²) in [5.74, 6) is 0.554. The quantitative estimate of drug-likeness (QED) is 0.270. The monoisotopic (exact) mass is 169 g/mol. The van der Waals surface area contributed by atoms with Gasteiger partial charge in [0.2, 0.25) is 0 Å². The van der Waals surface area contributed by atoms with Gasteiger partial charge in [-0.2, -0.15) is 0 Å². The van der Waals surface area contributed by atoms with Crippen LogP contribution in [0.5, 0.6) is 0 Å². The van der Waals surface area contributed by atoms with E-state index in [1.54, 1.807) is 0 Å². The van der Waals surface area contributed by atoms with Crippen molar-refractivity contribution >= 4 is 6.21 Å². The van der Waals surface area contributed by atoms with Gasteiger partial charge in [-0.25, -0.2) is 4.74 Å². The maximum atomic E-state index is 11.3. The second-order valence-corrected chi connectivity index (χ2v) is 4.00. The van der Waals surface area contributed by atoms with Crippen molar-refractivity contribution in [3.05, 3.63) is 5.21 Å². The molecule has 1 aliphatic rings. The Kier molecular flexibility index (Phi) is 3.57. The molecule has 1 rings (SSSR count). The molecule has 1 saturated carbocycles. The largest absolute Gasteiger partial charge is 0.624 e. The summed E-state index contributed by atoms with van der Waals surface area (Å²) in [6.45, 7) is 3.87. The molecular formula is C10H19NO. The zero-order valence-corrected chi connectivity index (χ0v) is 8.12. The first-order chi connectivity index (χ1) is 5.70. The molecule has 2 nitrogen and oxygen atoms in total. The van der Waals surface area contributed by atoms with Crippen LogP contribution in [0.15, 0.2) is 0 Å². The van der Waals surface area contributed by atoms with Crippen LogP contribution in [0.25, 0.3) is 0 Å². The first-order valence-electron chi connectivity index (χ1n) is 5.00. The topological polar surface area (TPSA) is 26.1 Å². The van der Waals surface area contributed by atoms with Crippen molar-refractivity contribution in [3.8, 4) is 0 Å². The number of hydrogen-bond acceptors (Lipinski definition) is 1. The minimum Gasteiger partial charge on any atom is -0.624 e. The highest BCUT2D eigenvalue weighted by atomic mass is 16.5. The maximum Gasteiger partial charge on any atom is 0.157 e. The van der Waals surface area contributed by atoms with E-state index in [-0.39, 0.29) is 6.04 Å². The van der Waals surface area contributed by atoms with Crippen molar-refractivity contribution in [2.45, 2.75) is 52.0 Å². The lowest BCUT2D eigenvalue weighted by Gasteiger charge is -2.17. The van der Waals surface area contributed by atoms with E-state index in [2.05, 4.69) is 0 Å². The lowest BCUT2D eigenvalue weighted by atomic mass is 9.90. The summed E-state index contributed by atoms with van der Waals surface area (Å²) in [6.07, 6.45) is 8.26. The molecule has 0 aromatic carbocycles. The molecule has 0 aliphatic heterocycles. The Morgan fingerprint density at radius 3 is 2.33 bits per heavy atom. The molecule has 0 heterocycles. The fourth-order valence-corrected chi connectivity index (χ4v) is 1.66. The van der Waals surface area contributed by atoms with Crippen LogP contribution >= 0.6 is 0 Å². The normalized spacial score (nSPS) is 21.8. The van der Waals surface area contributed by atoms with Gasteiger partial charge < -0.3 is 5.21 Å². The van der Waals surface area contributed by atoms with Crippen molar-refractivity contribution in [2.24, 2.45) is 5.92 Å². The minimum atomic E-state index is 0.104. The zero-order valence-electron chi connectivity index (χ0n) is 8.12. The molecule has 0 bridgehead atoms. The van der Waals surface area contributed by atoms with Crippen LogP contribution in [0.3, 0.4) is 0 Å². The van der Waals surface area contributed by atoms with Gasteiger partial charge in [-0.05, 0) is 26.7 Å². The third-order valence-corrected chi connectivity index (χ3v) is 2.52. The van der Waals surface area contributed by atoms with E-state index in [1.165, 1.54) is 32.1 Å². The van der Waals surface area contributed by atoms with Gasteiger partial charge in [0, 0.05) is 5.92 Å². The Labute approximate surface area is 74.9 Å². The molecule has 0 aromatic rings. The average molecular weight is 169 g/mol. The second kappa shape index (κ2) is 4.48. The van der Waals surface area contributed by atoms with Gasteiger partial charge in [0.15, 0.2) is 12.3 Å². The molecule has 2 heteroatoms.